The molecule has 2 aromatic carbocycles. The number of anilines is 1. The van der Waals surface area contributed by atoms with Gasteiger partial charge in [0, 0.05) is 11.1 Å². The molecule has 0 atom stereocenters. The maximum absolute atomic E-state index is 12.3. The van der Waals surface area contributed by atoms with Gasteiger partial charge in [-0.15, -0.1) is 0 Å². The molecule has 4 nitrogen and oxygen atoms in total. The summed E-state index contributed by atoms with van der Waals surface area (Å²) in [5.74, 6) is 0.0874. The van der Waals surface area contributed by atoms with Gasteiger partial charge in [0.2, 0.25) is 5.91 Å². The molecule has 0 saturated carbocycles. The lowest BCUT2D eigenvalue weighted by Gasteiger charge is -2.10. The molecule has 0 aliphatic heterocycles. The van der Waals surface area contributed by atoms with Crippen LogP contribution in [0.4, 0.5) is 5.69 Å². The van der Waals surface area contributed by atoms with Crippen molar-refractivity contribution in [2.24, 2.45) is 0 Å². The van der Waals surface area contributed by atoms with Crippen LogP contribution in [0, 0.1) is 32.1 Å². The number of nitriles is 1. The fraction of sp³-hybridized carbons (Fsp3) is 0.190. The summed E-state index contributed by atoms with van der Waals surface area (Å²) < 4.78 is 0. The Labute approximate surface area is 157 Å². The Balaban J connectivity index is 1.77. The molecule has 0 aliphatic rings. The average Bonchev–Trinajstić information content (AvgIpc) is 2.62. The van der Waals surface area contributed by atoms with E-state index in [1.807, 2.05) is 63.2 Å². The SMILES string of the molecule is Cc1ccc(NC(=O)CSc2nc3c(C)cccc3cc2C#N)c(C)c1. The lowest BCUT2D eigenvalue weighted by Crippen LogP contribution is -2.15. The van der Waals surface area contributed by atoms with E-state index in [0.29, 0.717) is 10.6 Å². The van der Waals surface area contributed by atoms with Crippen molar-refractivity contribution in [3.8, 4) is 6.07 Å². The van der Waals surface area contributed by atoms with Crippen molar-refractivity contribution in [2.75, 3.05) is 11.1 Å². The summed E-state index contributed by atoms with van der Waals surface area (Å²) in [5.41, 5.74) is 5.40. The highest BCUT2D eigenvalue weighted by atomic mass is 32.2. The van der Waals surface area contributed by atoms with Crippen molar-refractivity contribution in [3.05, 3.63) is 64.7 Å². The molecular weight excluding hydrogens is 342 g/mol. The quantitative estimate of drug-likeness (QED) is 0.680. The zero-order chi connectivity index (χ0) is 18.7. The topological polar surface area (TPSA) is 65.8 Å². The smallest absolute Gasteiger partial charge is 0.234 e. The van der Waals surface area contributed by atoms with Crippen LogP contribution in [-0.4, -0.2) is 16.6 Å². The number of fused-ring (bicyclic) bond motifs is 1. The van der Waals surface area contributed by atoms with E-state index in [0.717, 1.165) is 33.3 Å². The van der Waals surface area contributed by atoms with Crippen molar-refractivity contribution in [1.82, 2.24) is 4.98 Å². The maximum Gasteiger partial charge on any atom is 0.234 e. The molecular formula is C21H19N3OS. The summed E-state index contributed by atoms with van der Waals surface area (Å²) in [6.45, 7) is 5.98. The molecule has 5 heteroatoms. The van der Waals surface area contributed by atoms with E-state index in [-0.39, 0.29) is 11.7 Å². The van der Waals surface area contributed by atoms with E-state index in [2.05, 4.69) is 16.4 Å². The molecule has 0 unspecified atom stereocenters. The molecule has 3 aromatic rings. The third-order valence-corrected chi connectivity index (χ3v) is 5.12. The van der Waals surface area contributed by atoms with Crippen LogP contribution in [-0.2, 0) is 4.79 Å². The van der Waals surface area contributed by atoms with Gasteiger partial charge >= 0.3 is 0 Å². The molecule has 0 radical (unpaired) electrons. The number of hydrogen-bond acceptors (Lipinski definition) is 4. The molecule has 1 N–H and O–H groups in total. The lowest BCUT2D eigenvalue weighted by molar-refractivity contribution is -0.113. The van der Waals surface area contributed by atoms with Crippen LogP contribution in [0.25, 0.3) is 10.9 Å². The van der Waals surface area contributed by atoms with E-state index >= 15 is 0 Å². The second-order valence-corrected chi connectivity index (χ2v) is 7.22. The number of aryl methyl sites for hydroxylation is 3. The van der Waals surface area contributed by atoms with Gasteiger partial charge in [-0.25, -0.2) is 4.98 Å². The van der Waals surface area contributed by atoms with Gasteiger partial charge in [0.15, 0.2) is 0 Å². The summed E-state index contributed by atoms with van der Waals surface area (Å²) in [6.07, 6.45) is 0. The van der Waals surface area contributed by atoms with Crippen LogP contribution < -0.4 is 5.32 Å². The highest BCUT2D eigenvalue weighted by molar-refractivity contribution is 8.00. The Morgan fingerprint density at radius 1 is 1.15 bits per heavy atom. The van der Waals surface area contributed by atoms with Gasteiger partial charge in [-0.05, 0) is 44.0 Å². The van der Waals surface area contributed by atoms with Crippen molar-refractivity contribution in [3.63, 3.8) is 0 Å². The third-order valence-electron chi connectivity index (χ3n) is 4.13. The summed E-state index contributed by atoms with van der Waals surface area (Å²) in [4.78, 5) is 16.9. The number of thioether (sulfide) groups is 1. The highest BCUT2D eigenvalue weighted by Crippen LogP contribution is 2.26. The third kappa shape index (κ3) is 3.87. The van der Waals surface area contributed by atoms with Gasteiger partial charge in [-0.2, -0.15) is 5.26 Å². The molecule has 26 heavy (non-hydrogen) atoms. The highest BCUT2D eigenvalue weighted by Gasteiger charge is 2.12. The van der Waals surface area contributed by atoms with Crippen LogP contribution in [0.15, 0.2) is 47.5 Å². The van der Waals surface area contributed by atoms with Crippen LogP contribution >= 0.6 is 11.8 Å². The Morgan fingerprint density at radius 2 is 1.96 bits per heavy atom. The molecule has 0 spiro atoms. The van der Waals surface area contributed by atoms with E-state index in [9.17, 15) is 10.1 Å². The van der Waals surface area contributed by atoms with E-state index in [1.165, 1.54) is 11.8 Å². The number of nitrogens with one attached hydrogen (secondary N) is 1. The van der Waals surface area contributed by atoms with Crippen LogP contribution in [0.3, 0.4) is 0 Å². The number of benzene rings is 2. The molecule has 0 bridgehead atoms. The molecule has 1 aromatic heterocycles. The predicted octanol–water partition coefficient (Wildman–Crippen LogP) is 4.76. The first-order chi connectivity index (χ1) is 12.5. The number of aromatic nitrogens is 1. The minimum Gasteiger partial charge on any atom is -0.325 e. The number of nitrogens with zero attached hydrogens (tertiary/aromatic N) is 2. The van der Waals surface area contributed by atoms with Gasteiger partial charge in [-0.3, -0.25) is 4.79 Å². The number of hydrogen-bond donors (Lipinski definition) is 1. The Hall–Kier alpha value is -2.84. The first-order valence-corrected chi connectivity index (χ1v) is 9.27. The van der Waals surface area contributed by atoms with E-state index in [4.69, 9.17) is 0 Å². The van der Waals surface area contributed by atoms with E-state index < -0.39 is 0 Å². The minimum atomic E-state index is -0.113. The Bertz CT molecular complexity index is 1040. The van der Waals surface area contributed by atoms with Crippen molar-refractivity contribution in [1.29, 1.82) is 5.26 Å². The number of amides is 1. The molecule has 130 valence electrons. The van der Waals surface area contributed by atoms with Gasteiger partial charge < -0.3 is 5.32 Å². The first kappa shape index (κ1) is 18.0. The monoisotopic (exact) mass is 361 g/mol. The second kappa shape index (κ2) is 7.59. The van der Waals surface area contributed by atoms with Crippen molar-refractivity contribution in [2.45, 2.75) is 25.8 Å². The summed E-state index contributed by atoms with van der Waals surface area (Å²) in [6, 6.07) is 15.8. The standard InChI is InChI=1S/C21H19N3OS/c1-13-7-8-18(15(3)9-13)23-19(25)12-26-21-17(11-22)10-16-6-4-5-14(2)20(16)24-21/h4-10H,12H2,1-3H3,(H,23,25). The summed E-state index contributed by atoms with van der Waals surface area (Å²) in [5, 5.41) is 13.9. The Kier molecular flexibility index (Phi) is 5.24. The number of pyridine rings is 1. The summed E-state index contributed by atoms with van der Waals surface area (Å²) >= 11 is 1.29. The van der Waals surface area contributed by atoms with E-state index in [1.54, 1.807) is 0 Å². The minimum absolute atomic E-state index is 0.113. The van der Waals surface area contributed by atoms with Gasteiger partial charge in [0.05, 0.1) is 16.8 Å². The van der Waals surface area contributed by atoms with Crippen molar-refractivity contribution >= 4 is 34.3 Å². The fourth-order valence-corrected chi connectivity index (χ4v) is 3.55. The molecule has 1 heterocycles. The first-order valence-electron chi connectivity index (χ1n) is 8.28. The zero-order valence-electron chi connectivity index (χ0n) is 15.0. The number of para-hydroxylation sites is 1. The molecule has 1 amide bonds. The fourth-order valence-electron chi connectivity index (χ4n) is 2.79. The molecule has 3 rings (SSSR count). The van der Waals surface area contributed by atoms with Gasteiger partial charge in [0.25, 0.3) is 0 Å². The van der Waals surface area contributed by atoms with Crippen LogP contribution in [0.1, 0.15) is 22.3 Å². The Morgan fingerprint density at radius 3 is 2.69 bits per heavy atom. The number of rotatable bonds is 4. The average molecular weight is 361 g/mol. The second-order valence-electron chi connectivity index (χ2n) is 6.25. The molecule has 0 saturated heterocycles. The van der Waals surface area contributed by atoms with Crippen LogP contribution in [0.2, 0.25) is 0 Å². The van der Waals surface area contributed by atoms with Crippen LogP contribution in [0.5, 0.6) is 0 Å². The summed E-state index contributed by atoms with van der Waals surface area (Å²) in [7, 11) is 0. The normalized spacial score (nSPS) is 10.5. The number of carbonyl (C=O) groups excluding carboxylic acids is 1. The van der Waals surface area contributed by atoms with Crippen molar-refractivity contribution < 1.29 is 4.79 Å². The van der Waals surface area contributed by atoms with Gasteiger partial charge in [0.1, 0.15) is 11.1 Å². The largest absolute Gasteiger partial charge is 0.325 e. The van der Waals surface area contributed by atoms with Gasteiger partial charge in [-0.1, -0.05) is 47.7 Å². The predicted molar refractivity (Wildman–Crippen MR) is 106 cm³/mol. The molecule has 0 fully saturated rings. The maximum atomic E-state index is 12.3. The zero-order valence-corrected chi connectivity index (χ0v) is 15.8. The number of carbonyl (C=O) groups is 1. The molecule has 0 aliphatic carbocycles. The lowest BCUT2D eigenvalue weighted by atomic mass is 10.1.